The third kappa shape index (κ3) is 4.16. The molecule has 1 aromatic rings. The Labute approximate surface area is 124 Å². The van der Waals surface area contributed by atoms with Crippen LogP contribution < -0.4 is 11.1 Å². The summed E-state index contributed by atoms with van der Waals surface area (Å²) < 4.78 is 0. The molecule has 1 amide bonds. The van der Waals surface area contributed by atoms with E-state index in [-0.39, 0.29) is 10.9 Å². The zero-order valence-electron chi connectivity index (χ0n) is 11.5. The zero-order chi connectivity index (χ0) is 14.4. The number of nitrogens with one attached hydrogen (secondary N) is 1. The molecule has 0 spiro atoms. The summed E-state index contributed by atoms with van der Waals surface area (Å²) in [6.07, 6.45) is 3.96. The van der Waals surface area contributed by atoms with E-state index in [9.17, 15) is 4.79 Å². The maximum absolute atomic E-state index is 12.0. The number of aromatic nitrogens is 1. The first kappa shape index (κ1) is 14.7. The smallest absolute Gasteiger partial charge is 0.224 e. The number of carbonyl (C=O) groups is 1. The third-order valence-corrected chi connectivity index (χ3v) is 3.56. The lowest BCUT2D eigenvalue weighted by atomic mass is 10.1. The fourth-order valence-corrected chi connectivity index (χ4v) is 2.38. The van der Waals surface area contributed by atoms with Crippen molar-refractivity contribution in [3.8, 4) is 0 Å². The molecule has 2 heterocycles. The van der Waals surface area contributed by atoms with Crippen molar-refractivity contribution >= 4 is 28.9 Å². The lowest BCUT2D eigenvalue weighted by molar-refractivity contribution is -0.131. The maximum Gasteiger partial charge on any atom is 0.224 e. The van der Waals surface area contributed by atoms with E-state index in [4.69, 9.17) is 18.0 Å². The summed E-state index contributed by atoms with van der Waals surface area (Å²) in [6, 6.07) is 5.45. The van der Waals surface area contributed by atoms with E-state index in [2.05, 4.69) is 10.3 Å². The molecule has 0 bridgehead atoms. The molecule has 0 atom stereocenters. The van der Waals surface area contributed by atoms with Crippen LogP contribution in [0.3, 0.4) is 0 Å². The maximum atomic E-state index is 12.0. The van der Waals surface area contributed by atoms with Gasteiger partial charge in [-0.25, -0.2) is 4.98 Å². The Balaban J connectivity index is 1.79. The molecule has 5 nitrogen and oxygen atoms in total. The fraction of sp³-hybridized carbons (Fsp3) is 0.500. The molecular weight excluding hydrogens is 272 g/mol. The van der Waals surface area contributed by atoms with Crippen LogP contribution in [0.25, 0.3) is 0 Å². The van der Waals surface area contributed by atoms with Crippen LogP contribution in [0.1, 0.15) is 31.4 Å². The largest absolute Gasteiger partial charge is 0.388 e. The minimum Gasteiger partial charge on any atom is -0.388 e. The molecule has 0 saturated carbocycles. The van der Waals surface area contributed by atoms with E-state index in [1.165, 1.54) is 6.42 Å². The van der Waals surface area contributed by atoms with Gasteiger partial charge in [-0.15, -0.1) is 0 Å². The van der Waals surface area contributed by atoms with Crippen molar-refractivity contribution in [1.82, 2.24) is 9.88 Å². The molecule has 1 aliphatic rings. The van der Waals surface area contributed by atoms with Crippen molar-refractivity contribution in [3.63, 3.8) is 0 Å². The van der Waals surface area contributed by atoms with Crippen molar-refractivity contribution in [2.45, 2.75) is 25.7 Å². The highest BCUT2D eigenvalue weighted by Crippen LogP contribution is 2.10. The van der Waals surface area contributed by atoms with Crippen molar-refractivity contribution in [2.24, 2.45) is 5.73 Å². The van der Waals surface area contributed by atoms with E-state index < -0.39 is 0 Å². The molecule has 1 aliphatic heterocycles. The Hall–Kier alpha value is -1.69. The molecule has 0 unspecified atom stereocenters. The molecule has 108 valence electrons. The molecular formula is C14H20N4OS. The number of amides is 1. The SMILES string of the molecule is NC(=S)c1cccc(NCCC(=O)N2CCCCC2)n1. The quantitative estimate of drug-likeness (QED) is 0.805. The van der Waals surface area contributed by atoms with Gasteiger partial charge in [0.15, 0.2) is 0 Å². The third-order valence-electron chi connectivity index (χ3n) is 3.36. The second-order valence-electron chi connectivity index (χ2n) is 4.89. The number of pyridine rings is 1. The highest BCUT2D eigenvalue weighted by molar-refractivity contribution is 7.80. The van der Waals surface area contributed by atoms with Gasteiger partial charge in [-0.2, -0.15) is 0 Å². The van der Waals surface area contributed by atoms with Crippen LogP contribution in [-0.2, 0) is 4.79 Å². The Morgan fingerprint density at radius 2 is 2.10 bits per heavy atom. The number of likely N-dealkylation sites (tertiary alicyclic amines) is 1. The van der Waals surface area contributed by atoms with Gasteiger partial charge < -0.3 is 16.0 Å². The number of anilines is 1. The average molecular weight is 292 g/mol. The van der Waals surface area contributed by atoms with E-state index in [1.807, 2.05) is 17.0 Å². The van der Waals surface area contributed by atoms with E-state index in [1.54, 1.807) is 6.07 Å². The van der Waals surface area contributed by atoms with E-state index in [0.717, 1.165) is 25.9 Å². The highest BCUT2D eigenvalue weighted by atomic mass is 32.1. The highest BCUT2D eigenvalue weighted by Gasteiger charge is 2.15. The molecule has 1 aromatic heterocycles. The number of nitrogens with two attached hydrogens (primary N) is 1. The average Bonchev–Trinajstić information content (AvgIpc) is 2.48. The molecule has 0 aromatic carbocycles. The van der Waals surface area contributed by atoms with Crippen LogP contribution in [-0.4, -0.2) is 40.4 Å². The van der Waals surface area contributed by atoms with Gasteiger partial charge in [-0.3, -0.25) is 4.79 Å². The Morgan fingerprint density at radius 1 is 1.35 bits per heavy atom. The first-order chi connectivity index (χ1) is 9.66. The zero-order valence-corrected chi connectivity index (χ0v) is 12.3. The molecule has 2 rings (SSSR count). The standard InChI is InChI=1S/C14H20N4OS/c15-14(20)11-5-4-6-12(17-11)16-8-7-13(19)18-9-2-1-3-10-18/h4-6H,1-3,7-10H2,(H2,15,20)(H,16,17). The van der Waals surface area contributed by atoms with Gasteiger partial charge >= 0.3 is 0 Å². The van der Waals surface area contributed by atoms with Gasteiger partial charge in [0.05, 0.1) is 5.69 Å². The van der Waals surface area contributed by atoms with Gasteiger partial charge in [0, 0.05) is 26.1 Å². The number of hydrogen-bond acceptors (Lipinski definition) is 4. The number of carbonyl (C=O) groups excluding carboxylic acids is 1. The van der Waals surface area contributed by atoms with Gasteiger partial charge in [0.25, 0.3) is 0 Å². The second kappa shape index (κ2) is 7.19. The number of hydrogen-bond donors (Lipinski definition) is 2. The molecule has 3 N–H and O–H groups in total. The van der Waals surface area contributed by atoms with Gasteiger partial charge in [0.2, 0.25) is 5.91 Å². The molecule has 0 aliphatic carbocycles. The minimum atomic E-state index is 0.211. The van der Waals surface area contributed by atoms with Gasteiger partial charge in [-0.1, -0.05) is 18.3 Å². The summed E-state index contributed by atoms with van der Waals surface area (Å²) in [6.45, 7) is 2.37. The lowest BCUT2D eigenvalue weighted by Crippen LogP contribution is -2.36. The van der Waals surface area contributed by atoms with Crippen LogP contribution in [0.5, 0.6) is 0 Å². The summed E-state index contributed by atoms with van der Waals surface area (Å²) in [5.41, 5.74) is 6.13. The van der Waals surface area contributed by atoms with Crippen molar-refractivity contribution < 1.29 is 4.79 Å². The van der Waals surface area contributed by atoms with E-state index >= 15 is 0 Å². The van der Waals surface area contributed by atoms with Crippen LogP contribution >= 0.6 is 12.2 Å². The molecule has 6 heteroatoms. The lowest BCUT2D eigenvalue weighted by Gasteiger charge is -2.26. The first-order valence-electron chi connectivity index (χ1n) is 6.95. The van der Waals surface area contributed by atoms with Crippen molar-refractivity contribution in [1.29, 1.82) is 0 Å². The normalized spacial score (nSPS) is 14.9. The summed E-state index contributed by atoms with van der Waals surface area (Å²) in [4.78, 5) is 18.5. The Kier molecular flexibility index (Phi) is 5.29. The monoisotopic (exact) mass is 292 g/mol. The van der Waals surface area contributed by atoms with Crippen LogP contribution in [0.15, 0.2) is 18.2 Å². The number of rotatable bonds is 5. The predicted molar refractivity (Wildman–Crippen MR) is 83.7 cm³/mol. The Bertz CT molecular complexity index is 486. The van der Waals surface area contributed by atoms with Crippen LogP contribution in [0.2, 0.25) is 0 Å². The summed E-state index contributed by atoms with van der Waals surface area (Å²) in [5.74, 6) is 0.907. The first-order valence-corrected chi connectivity index (χ1v) is 7.36. The summed E-state index contributed by atoms with van der Waals surface area (Å²) in [7, 11) is 0. The fourth-order valence-electron chi connectivity index (χ4n) is 2.27. The summed E-state index contributed by atoms with van der Waals surface area (Å²) in [5, 5.41) is 3.14. The van der Waals surface area contributed by atoms with Crippen molar-refractivity contribution in [2.75, 3.05) is 25.0 Å². The molecule has 1 fully saturated rings. The topological polar surface area (TPSA) is 71.2 Å². The predicted octanol–water partition coefficient (Wildman–Crippen LogP) is 1.53. The summed E-state index contributed by atoms with van der Waals surface area (Å²) >= 11 is 4.89. The Morgan fingerprint density at radius 3 is 2.80 bits per heavy atom. The van der Waals surface area contributed by atoms with Crippen LogP contribution in [0, 0.1) is 0 Å². The molecule has 1 saturated heterocycles. The van der Waals surface area contributed by atoms with E-state index in [0.29, 0.717) is 24.5 Å². The van der Waals surface area contributed by atoms with Gasteiger partial charge in [0.1, 0.15) is 10.8 Å². The van der Waals surface area contributed by atoms with Gasteiger partial charge in [-0.05, 0) is 31.4 Å². The number of thiocarbonyl (C=S) groups is 1. The molecule has 20 heavy (non-hydrogen) atoms. The molecule has 0 radical (unpaired) electrons. The van der Waals surface area contributed by atoms with Crippen molar-refractivity contribution in [3.05, 3.63) is 23.9 Å². The second-order valence-corrected chi connectivity index (χ2v) is 5.33. The minimum absolute atomic E-state index is 0.211. The number of nitrogens with zero attached hydrogens (tertiary/aromatic N) is 2. The number of piperidine rings is 1. The van der Waals surface area contributed by atoms with Crippen LogP contribution in [0.4, 0.5) is 5.82 Å².